The summed E-state index contributed by atoms with van der Waals surface area (Å²) in [6, 6.07) is 16.5. The summed E-state index contributed by atoms with van der Waals surface area (Å²) in [6.45, 7) is 2.51. The second-order valence-electron chi connectivity index (χ2n) is 7.98. The number of hydrogen-bond acceptors (Lipinski definition) is 6. The lowest BCUT2D eigenvalue weighted by atomic mass is 10.2. The summed E-state index contributed by atoms with van der Waals surface area (Å²) in [5.74, 6) is -0.850. The van der Waals surface area contributed by atoms with Crippen molar-refractivity contribution in [2.45, 2.75) is 13.8 Å². The highest BCUT2D eigenvalue weighted by molar-refractivity contribution is 5.43. The average Bonchev–Trinajstić information content (AvgIpc) is 3.31. The second-order valence-corrected chi connectivity index (χ2v) is 7.98. The molecule has 8 nitrogen and oxygen atoms in total. The minimum atomic E-state index is -0.770. The maximum Gasteiger partial charge on any atom is 0.267 e. The molecule has 34 heavy (non-hydrogen) atoms. The van der Waals surface area contributed by atoms with Gasteiger partial charge in [-0.3, -0.25) is 28.3 Å². The topological polar surface area (TPSA) is 119 Å². The molecule has 0 saturated carbocycles. The van der Waals surface area contributed by atoms with Crippen molar-refractivity contribution < 1.29 is 10.2 Å². The van der Waals surface area contributed by atoms with Crippen LogP contribution in [0, 0.1) is 21.1 Å². The monoisotopic (exact) mass is 454 g/mol. The Hall–Kier alpha value is -4.72. The molecule has 0 aromatic heterocycles. The van der Waals surface area contributed by atoms with Crippen molar-refractivity contribution in [2.75, 3.05) is 0 Å². The summed E-state index contributed by atoms with van der Waals surface area (Å²) in [6.07, 6.45) is 0. The zero-order chi connectivity index (χ0) is 24.3. The third-order valence-corrected chi connectivity index (χ3v) is 5.89. The highest BCUT2D eigenvalue weighted by atomic mass is 16.3. The van der Waals surface area contributed by atoms with Crippen LogP contribution in [0.25, 0.3) is 22.9 Å². The van der Waals surface area contributed by atoms with Gasteiger partial charge in [-0.05, 0) is 38.1 Å². The van der Waals surface area contributed by atoms with Crippen molar-refractivity contribution in [3.63, 3.8) is 0 Å². The molecule has 0 atom stereocenters. The number of para-hydroxylation sites is 2. The number of benzene rings is 2. The van der Waals surface area contributed by atoms with Crippen LogP contribution in [-0.4, -0.2) is 19.3 Å². The molecule has 3 aliphatic rings. The van der Waals surface area contributed by atoms with Crippen LogP contribution in [0.15, 0.2) is 79.8 Å². The van der Waals surface area contributed by atoms with Gasteiger partial charge in [0.25, 0.3) is 11.1 Å². The number of aliphatic hydroxyl groups is 2. The number of aliphatic hydroxyl groups excluding tert-OH is 2. The van der Waals surface area contributed by atoms with E-state index < -0.39 is 33.5 Å². The molecule has 168 valence electrons. The normalized spacial score (nSPS) is 13.5. The third kappa shape index (κ3) is 2.72. The van der Waals surface area contributed by atoms with Crippen LogP contribution in [0.3, 0.4) is 0 Å². The maximum absolute atomic E-state index is 13.9. The molecule has 2 aromatic rings. The molecule has 0 saturated heterocycles. The highest BCUT2D eigenvalue weighted by Crippen LogP contribution is 2.07. The van der Waals surface area contributed by atoms with Crippen LogP contribution in [0.4, 0.5) is 0 Å². The van der Waals surface area contributed by atoms with Gasteiger partial charge in [0.05, 0.1) is 20.9 Å². The zero-order valence-electron chi connectivity index (χ0n) is 18.2. The Morgan fingerprint density at radius 2 is 0.912 bits per heavy atom. The predicted molar refractivity (Wildman–Crippen MR) is 126 cm³/mol. The van der Waals surface area contributed by atoms with Gasteiger partial charge in [0, 0.05) is 11.4 Å². The second kappa shape index (κ2) is 7.41. The van der Waals surface area contributed by atoms with E-state index in [1.165, 1.54) is 13.8 Å². The lowest BCUT2D eigenvalue weighted by Gasteiger charge is -2.03. The quantitative estimate of drug-likeness (QED) is 0.399. The van der Waals surface area contributed by atoms with Crippen LogP contribution in [0.1, 0.15) is 13.8 Å². The predicted octanol–water partition coefficient (Wildman–Crippen LogP) is 0.406. The van der Waals surface area contributed by atoms with Crippen LogP contribution >= 0.6 is 0 Å². The minimum Gasteiger partial charge on any atom is -0.512 e. The van der Waals surface area contributed by atoms with E-state index in [1.807, 2.05) is 0 Å². The van der Waals surface area contributed by atoms with E-state index in [1.54, 1.807) is 60.7 Å². The van der Waals surface area contributed by atoms with Gasteiger partial charge >= 0.3 is 0 Å². The Balaban J connectivity index is 2.26. The van der Waals surface area contributed by atoms with Crippen LogP contribution in [0.5, 0.6) is 0 Å². The summed E-state index contributed by atoms with van der Waals surface area (Å²) in [5, 5.41) is 19.0. The largest absolute Gasteiger partial charge is 0.512 e. The summed E-state index contributed by atoms with van der Waals surface area (Å²) in [5.41, 5.74) is -2.37. The molecule has 2 aromatic carbocycles. The Morgan fingerprint density at radius 1 is 0.588 bits per heavy atom. The van der Waals surface area contributed by atoms with E-state index in [2.05, 4.69) is 0 Å². The molecule has 0 bridgehead atoms. The summed E-state index contributed by atoms with van der Waals surface area (Å²) < 4.78 is 2.13. The fraction of sp³-hybridized carbons (Fsp3) is 0.0769. The van der Waals surface area contributed by atoms with E-state index in [-0.39, 0.29) is 31.6 Å². The molecule has 0 spiro atoms. The van der Waals surface area contributed by atoms with E-state index in [0.29, 0.717) is 11.4 Å². The molecule has 0 amide bonds. The summed E-state index contributed by atoms with van der Waals surface area (Å²) in [7, 11) is 0. The third-order valence-electron chi connectivity index (χ3n) is 5.89. The zero-order valence-corrected chi connectivity index (χ0v) is 18.2. The van der Waals surface area contributed by atoms with Crippen molar-refractivity contribution >= 4 is 11.5 Å². The number of aromatic nitrogens is 2. The van der Waals surface area contributed by atoms with Crippen molar-refractivity contribution in [3.8, 4) is 11.4 Å². The summed E-state index contributed by atoms with van der Waals surface area (Å²) in [4.78, 5) is 54.5. The minimum absolute atomic E-state index is 0.259. The summed E-state index contributed by atoms with van der Waals surface area (Å²) >= 11 is 0. The smallest absolute Gasteiger partial charge is 0.267 e. The van der Waals surface area contributed by atoms with E-state index in [4.69, 9.17) is 0 Å². The molecule has 2 N–H and O–H groups in total. The molecular formula is C26H18N2O6. The molecule has 8 heteroatoms. The van der Waals surface area contributed by atoms with Gasteiger partial charge in [-0.25, -0.2) is 0 Å². The van der Waals surface area contributed by atoms with Gasteiger partial charge in [-0.2, -0.15) is 0 Å². The molecular weight excluding hydrogens is 436 g/mol. The fourth-order valence-electron chi connectivity index (χ4n) is 4.53. The Morgan fingerprint density at radius 3 is 1.21 bits per heavy atom. The molecule has 2 heterocycles. The van der Waals surface area contributed by atoms with Crippen LogP contribution in [0.2, 0.25) is 0 Å². The molecule has 5 rings (SSSR count). The molecule has 0 radical (unpaired) electrons. The number of hydrogen-bond donors (Lipinski definition) is 2. The standard InChI is InChI=1S/C26H18N2O6/c1-13(29)17-19-21(27(25(17)33)15-9-5-3-6-10-15)24(32)20-18(14(2)30)26(34)28(22(20)23(19)31)16-11-7-4-8-12-16/h3-12,29-30H,1-2H3/b17-13-,18-14+. The fourth-order valence-corrected chi connectivity index (χ4v) is 4.53. The van der Waals surface area contributed by atoms with Crippen molar-refractivity contribution in [1.82, 2.24) is 9.13 Å². The first-order chi connectivity index (χ1) is 16.3. The van der Waals surface area contributed by atoms with E-state index >= 15 is 0 Å². The SMILES string of the molecule is C/C(O)=c1\c2c(=O)c3n(-c4ccccc4)c(=O)/c(=C(\C)O)c=3c(=O)c=2n(-c2ccccc2)c1=O. The van der Waals surface area contributed by atoms with Gasteiger partial charge in [-0.1, -0.05) is 36.4 Å². The van der Waals surface area contributed by atoms with E-state index in [0.717, 1.165) is 9.13 Å². The maximum atomic E-state index is 13.9. The lowest BCUT2D eigenvalue weighted by Crippen LogP contribution is -2.33. The molecule has 1 aliphatic carbocycles. The average molecular weight is 454 g/mol. The lowest BCUT2D eigenvalue weighted by molar-refractivity contribution is 0.497. The molecule has 2 aliphatic heterocycles. The number of rotatable bonds is 2. The first-order valence-corrected chi connectivity index (χ1v) is 10.4. The van der Waals surface area contributed by atoms with Crippen molar-refractivity contribution in [2.24, 2.45) is 0 Å². The van der Waals surface area contributed by atoms with Gasteiger partial charge in [-0.15, -0.1) is 0 Å². The molecule has 0 unspecified atom stereocenters. The van der Waals surface area contributed by atoms with Crippen LogP contribution in [-0.2, 0) is 0 Å². The van der Waals surface area contributed by atoms with Gasteiger partial charge < -0.3 is 10.2 Å². The Labute approximate surface area is 189 Å². The first kappa shape index (κ1) is 21.1. The van der Waals surface area contributed by atoms with Gasteiger partial charge in [0.2, 0.25) is 10.9 Å². The Bertz CT molecular complexity index is 1900. The number of nitrogens with zero attached hydrogens (tertiary/aromatic N) is 2. The Kier molecular flexibility index (Phi) is 4.61. The van der Waals surface area contributed by atoms with Gasteiger partial charge in [0.15, 0.2) is 0 Å². The highest BCUT2D eigenvalue weighted by Gasteiger charge is 2.23. The van der Waals surface area contributed by atoms with Crippen molar-refractivity contribution in [3.05, 3.63) is 133 Å². The molecule has 0 fully saturated rings. The van der Waals surface area contributed by atoms with E-state index in [9.17, 15) is 29.4 Å². The van der Waals surface area contributed by atoms with Crippen molar-refractivity contribution in [1.29, 1.82) is 0 Å². The van der Waals surface area contributed by atoms with Crippen LogP contribution < -0.4 is 32.4 Å². The first-order valence-electron chi connectivity index (χ1n) is 10.4. The van der Waals surface area contributed by atoms with Gasteiger partial charge in [0.1, 0.15) is 22.2 Å².